The fraction of sp³-hybridized carbons (Fsp3) is 0.294. The molecule has 0 N–H and O–H groups in total. The van der Waals surface area contributed by atoms with Crippen LogP contribution in [0.1, 0.15) is 24.0 Å². The molecular weight excluding hydrogens is 252 g/mol. The van der Waals surface area contributed by atoms with E-state index in [1.807, 2.05) is 24.3 Å². The molecule has 0 aliphatic carbocycles. The minimum Gasteiger partial charge on any atom is -0.493 e. The van der Waals surface area contributed by atoms with Crippen molar-refractivity contribution in [2.24, 2.45) is 5.92 Å². The highest BCUT2D eigenvalue weighted by Crippen LogP contribution is 2.37. The summed E-state index contributed by atoms with van der Waals surface area (Å²) in [5, 5.41) is 0. The summed E-state index contributed by atoms with van der Waals surface area (Å²) in [4.78, 5) is 0. The number of furan rings is 1. The molecule has 2 rings (SSSR count). The maximum absolute atomic E-state index is 5.38. The topological polar surface area (TPSA) is 31.6 Å². The molecular formula is C17H20O3. The molecule has 1 aromatic carbocycles. The number of allylic oxidation sites excluding steroid dienone is 1. The van der Waals surface area contributed by atoms with Crippen LogP contribution in [0.3, 0.4) is 0 Å². The molecule has 0 saturated heterocycles. The Morgan fingerprint density at radius 1 is 1.10 bits per heavy atom. The molecule has 1 aromatic heterocycles. The average molecular weight is 272 g/mol. The van der Waals surface area contributed by atoms with Crippen LogP contribution in [0.4, 0.5) is 0 Å². The molecule has 0 spiro atoms. The third-order valence-corrected chi connectivity index (χ3v) is 3.57. The van der Waals surface area contributed by atoms with Crippen molar-refractivity contribution in [1.82, 2.24) is 0 Å². The second kappa shape index (κ2) is 6.33. The van der Waals surface area contributed by atoms with Gasteiger partial charge in [-0.1, -0.05) is 19.1 Å². The molecule has 2 atom stereocenters. The fourth-order valence-electron chi connectivity index (χ4n) is 2.43. The zero-order valence-electron chi connectivity index (χ0n) is 12.1. The van der Waals surface area contributed by atoms with Gasteiger partial charge in [0.1, 0.15) is 0 Å². The maximum atomic E-state index is 5.38. The summed E-state index contributed by atoms with van der Waals surface area (Å²) >= 11 is 0. The number of rotatable bonds is 6. The SMILES string of the molecule is C=CC(C)C(c1ccoc1)c1ccc(OC)c(OC)c1. The van der Waals surface area contributed by atoms with Crippen molar-refractivity contribution in [1.29, 1.82) is 0 Å². The van der Waals surface area contributed by atoms with E-state index in [2.05, 4.69) is 19.6 Å². The number of methoxy groups -OCH3 is 2. The number of hydrogen-bond acceptors (Lipinski definition) is 3. The molecule has 106 valence electrons. The van der Waals surface area contributed by atoms with Gasteiger partial charge in [0.2, 0.25) is 0 Å². The van der Waals surface area contributed by atoms with Gasteiger partial charge in [0.15, 0.2) is 11.5 Å². The summed E-state index contributed by atoms with van der Waals surface area (Å²) in [6.45, 7) is 6.05. The molecule has 2 unspecified atom stereocenters. The lowest BCUT2D eigenvalue weighted by molar-refractivity contribution is 0.354. The van der Waals surface area contributed by atoms with Crippen LogP contribution >= 0.6 is 0 Å². The summed E-state index contributed by atoms with van der Waals surface area (Å²) in [5.74, 6) is 1.93. The van der Waals surface area contributed by atoms with Crippen LogP contribution in [0.2, 0.25) is 0 Å². The first-order valence-corrected chi connectivity index (χ1v) is 6.57. The summed E-state index contributed by atoms with van der Waals surface area (Å²) in [6, 6.07) is 7.98. The number of ether oxygens (including phenoxy) is 2. The van der Waals surface area contributed by atoms with Crippen LogP contribution in [-0.4, -0.2) is 14.2 Å². The van der Waals surface area contributed by atoms with Crippen LogP contribution < -0.4 is 9.47 Å². The van der Waals surface area contributed by atoms with E-state index >= 15 is 0 Å². The molecule has 20 heavy (non-hydrogen) atoms. The quantitative estimate of drug-likeness (QED) is 0.737. The minimum atomic E-state index is 0.186. The second-order valence-corrected chi connectivity index (χ2v) is 4.74. The van der Waals surface area contributed by atoms with E-state index in [0.29, 0.717) is 0 Å². The average Bonchev–Trinajstić information content (AvgIpc) is 3.00. The van der Waals surface area contributed by atoms with E-state index in [9.17, 15) is 0 Å². The van der Waals surface area contributed by atoms with Gasteiger partial charge >= 0.3 is 0 Å². The lowest BCUT2D eigenvalue weighted by Gasteiger charge is -2.22. The molecule has 0 amide bonds. The van der Waals surface area contributed by atoms with Gasteiger partial charge in [-0.15, -0.1) is 6.58 Å². The molecule has 0 radical (unpaired) electrons. The lowest BCUT2D eigenvalue weighted by Crippen LogP contribution is -2.09. The van der Waals surface area contributed by atoms with Crippen molar-refractivity contribution in [3.63, 3.8) is 0 Å². The van der Waals surface area contributed by atoms with Crippen LogP contribution in [0.25, 0.3) is 0 Å². The summed E-state index contributed by atoms with van der Waals surface area (Å²) in [6.07, 6.45) is 5.43. The molecule has 3 heteroatoms. The van der Waals surface area contributed by atoms with Crippen molar-refractivity contribution >= 4 is 0 Å². The monoisotopic (exact) mass is 272 g/mol. The van der Waals surface area contributed by atoms with Gasteiger partial charge in [-0.05, 0) is 35.2 Å². The van der Waals surface area contributed by atoms with Gasteiger partial charge in [0.05, 0.1) is 26.7 Å². The Balaban J connectivity index is 2.46. The molecule has 0 bridgehead atoms. The largest absolute Gasteiger partial charge is 0.493 e. The fourth-order valence-corrected chi connectivity index (χ4v) is 2.43. The van der Waals surface area contributed by atoms with Gasteiger partial charge < -0.3 is 13.9 Å². The smallest absolute Gasteiger partial charge is 0.161 e. The highest BCUT2D eigenvalue weighted by Gasteiger charge is 2.21. The molecule has 0 aliphatic heterocycles. The van der Waals surface area contributed by atoms with E-state index in [0.717, 1.165) is 22.6 Å². The van der Waals surface area contributed by atoms with Gasteiger partial charge in [-0.25, -0.2) is 0 Å². The Morgan fingerprint density at radius 3 is 2.40 bits per heavy atom. The van der Waals surface area contributed by atoms with Crippen LogP contribution in [-0.2, 0) is 0 Å². The van der Waals surface area contributed by atoms with Crippen molar-refractivity contribution in [2.45, 2.75) is 12.8 Å². The first-order chi connectivity index (χ1) is 9.71. The van der Waals surface area contributed by atoms with E-state index in [-0.39, 0.29) is 11.8 Å². The molecule has 0 aliphatic rings. The molecule has 1 heterocycles. The third-order valence-electron chi connectivity index (χ3n) is 3.57. The van der Waals surface area contributed by atoms with Crippen LogP contribution in [0.15, 0.2) is 53.9 Å². The van der Waals surface area contributed by atoms with Gasteiger partial charge in [-0.3, -0.25) is 0 Å². The predicted octanol–water partition coefficient (Wildman–Crippen LogP) is 4.25. The van der Waals surface area contributed by atoms with Crippen molar-refractivity contribution < 1.29 is 13.9 Å². The standard InChI is InChI=1S/C17H20O3/c1-5-12(2)17(14-8-9-20-11-14)13-6-7-15(18-3)16(10-13)19-4/h5-12,17H,1H2,2-4H3. The Hall–Kier alpha value is -2.16. The lowest BCUT2D eigenvalue weighted by atomic mass is 9.83. The van der Waals surface area contributed by atoms with Crippen LogP contribution in [0.5, 0.6) is 11.5 Å². The van der Waals surface area contributed by atoms with Gasteiger partial charge in [-0.2, -0.15) is 0 Å². The van der Waals surface area contributed by atoms with E-state index in [1.54, 1.807) is 26.7 Å². The van der Waals surface area contributed by atoms with E-state index in [1.165, 1.54) is 0 Å². The molecule has 3 nitrogen and oxygen atoms in total. The van der Waals surface area contributed by atoms with Crippen molar-refractivity contribution in [2.75, 3.05) is 14.2 Å². The van der Waals surface area contributed by atoms with E-state index in [4.69, 9.17) is 13.9 Å². The Kier molecular flexibility index (Phi) is 4.51. The first-order valence-electron chi connectivity index (χ1n) is 6.57. The maximum Gasteiger partial charge on any atom is 0.161 e. The highest BCUT2D eigenvalue weighted by molar-refractivity contribution is 5.46. The predicted molar refractivity (Wildman–Crippen MR) is 79.5 cm³/mol. The number of benzene rings is 1. The molecule has 2 aromatic rings. The Bertz CT molecular complexity index is 558. The minimum absolute atomic E-state index is 0.186. The summed E-state index contributed by atoms with van der Waals surface area (Å²) in [7, 11) is 3.28. The van der Waals surface area contributed by atoms with Crippen LogP contribution in [0, 0.1) is 5.92 Å². The second-order valence-electron chi connectivity index (χ2n) is 4.74. The zero-order valence-corrected chi connectivity index (χ0v) is 12.1. The first kappa shape index (κ1) is 14.3. The van der Waals surface area contributed by atoms with Gasteiger partial charge in [0.25, 0.3) is 0 Å². The van der Waals surface area contributed by atoms with Crippen molar-refractivity contribution in [3.05, 3.63) is 60.6 Å². The Morgan fingerprint density at radius 2 is 1.85 bits per heavy atom. The van der Waals surface area contributed by atoms with E-state index < -0.39 is 0 Å². The van der Waals surface area contributed by atoms with Crippen molar-refractivity contribution in [3.8, 4) is 11.5 Å². The summed E-state index contributed by atoms with van der Waals surface area (Å²) < 4.78 is 15.9. The van der Waals surface area contributed by atoms with Gasteiger partial charge in [0, 0.05) is 5.92 Å². The molecule has 0 saturated carbocycles. The number of hydrogen-bond donors (Lipinski definition) is 0. The normalized spacial score (nSPS) is 13.6. The third kappa shape index (κ3) is 2.72. The zero-order chi connectivity index (χ0) is 14.5. The highest BCUT2D eigenvalue weighted by atomic mass is 16.5. The molecule has 0 fully saturated rings. The Labute approximate surface area is 119 Å². The summed E-state index contributed by atoms with van der Waals surface area (Å²) in [5.41, 5.74) is 2.28.